The molecule has 8 nitrogen and oxygen atoms in total. The Bertz CT molecular complexity index is 819. The van der Waals surface area contributed by atoms with Gasteiger partial charge in [0.1, 0.15) is 23.2 Å². The van der Waals surface area contributed by atoms with Gasteiger partial charge in [0, 0.05) is 11.6 Å². The molecule has 0 fully saturated rings. The van der Waals surface area contributed by atoms with Crippen molar-refractivity contribution >= 4 is 5.97 Å². The number of hydrogen-bond donors (Lipinski definition) is 3. The lowest BCUT2D eigenvalue weighted by Crippen LogP contribution is -2.25. The van der Waals surface area contributed by atoms with Crippen molar-refractivity contribution in [2.45, 2.75) is 19.8 Å². The number of rotatable bonds is 4. The second kappa shape index (κ2) is 7.05. The number of phenolic OH excluding ortho intramolecular Hbond substituents is 2. The smallest absolute Gasteiger partial charge is 0.338 e. The van der Waals surface area contributed by atoms with Crippen LogP contribution in [0.25, 0.3) is 0 Å². The molecule has 1 unspecified atom stereocenters. The van der Waals surface area contributed by atoms with Gasteiger partial charge in [0.2, 0.25) is 5.88 Å². The minimum Gasteiger partial charge on any atom is -0.507 e. The third-order valence-corrected chi connectivity index (χ3v) is 3.74. The Labute approximate surface area is 144 Å². The van der Waals surface area contributed by atoms with Crippen LogP contribution in [0, 0.1) is 11.3 Å². The van der Waals surface area contributed by atoms with Crippen molar-refractivity contribution in [3.8, 4) is 23.3 Å². The Hall–Kier alpha value is -3.34. The minimum atomic E-state index is -1.02. The van der Waals surface area contributed by atoms with E-state index in [-0.39, 0.29) is 52.2 Å². The predicted molar refractivity (Wildman–Crippen MR) is 86.3 cm³/mol. The summed E-state index contributed by atoms with van der Waals surface area (Å²) in [5.41, 5.74) is 5.91. The van der Waals surface area contributed by atoms with E-state index in [9.17, 15) is 20.3 Å². The molecular formula is C17H18N2O6. The van der Waals surface area contributed by atoms with Gasteiger partial charge in [-0.2, -0.15) is 5.26 Å². The number of carbonyl (C=O) groups excluding carboxylic acids is 1. The van der Waals surface area contributed by atoms with Crippen LogP contribution < -0.4 is 10.5 Å². The summed E-state index contributed by atoms with van der Waals surface area (Å²) in [5.74, 6) is -2.29. The number of allylic oxidation sites excluding steroid dienone is 2. The molecule has 1 aromatic carbocycles. The quantitative estimate of drug-likeness (QED) is 0.702. The van der Waals surface area contributed by atoms with Crippen molar-refractivity contribution in [1.29, 1.82) is 5.26 Å². The Morgan fingerprint density at radius 2 is 2.08 bits per heavy atom. The minimum absolute atomic E-state index is 0.0376. The molecule has 0 bridgehead atoms. The van der Waals surface area contributed by atoms with Crippen molar-refractivity contribution in [3.63, 3.8) is 0 Å². The molecule has 1 atom stereocenters. The second-order valence-electron chi connectivity index (χ2n) is 5.20. The summed E-state index contributed by atoms with van der Waals surface area (Å²) in [5, 5.41) is 29.5. The van der Waals surface area contributed by atoms with Crippen LogP contribution in [0.1, 0.15) is 25.3 Å². The lowest BCUT2D eigenvalue weighted by atomic mass is 9.82. The first-order valence-corrected chi connectivity index (χ1v) is 7.40. The van der Waals surface area contributed by atoms with Gasteiger partial charge in [0.15, 0.2) is 11.5 Å². The SMILES string of the molecule is CCOC(=O)C1=C(C)OC(N)=C(C#N)C1c1cc(OC)c(O)cc1O. The fraction of sp³-hybridized carbons (Fsp3) is 0.294. The highest BCUT2D eigenvalue weighted by Crippen LogP contribution is 2.45. The molecule has 25 heavy (non-hydrogen) atoms. The summed E-state index contributed by atoms with van der Waals surface area (Å²) < 4.78 is 15.4. The summed E-state index contributed by atoms with van der Waals surface area (Å²) in [6.45, 7) is 3.27. The predicted octanol–water partition coefficient (Wildman–Crippen LogP) is 1.75. The summed E-state index contributed by atoms with van der Waals surface area (Å²) >= 11 is 0. The number of benzene rings is 1. The Morgan fingerprint density at radius 3 is 2.64 bits per heavy atom. The monoisotopic (exact) mass is 346 g/mol. The van der Waals surface area contributed by atoms with Crippen LogP contribution in [0.15, 0.2) is 34.9 Å². The van der Waals surface area contributed by atoms with Crippen LogP contribution in [-0.4, -0.2) is 29.9 Å². The summed E-state index contributed by atoms with van der Waals surface area (Å²) in [4.78, 5) is 12.4. The molecule has 8 heteroatoms. The van der Waals surface area contributed by atoms with E-state index in [1.165, 1.54) is 20.1 Å². The summed E-state index contributed by atoms with van der Waals surface area (Å²) in [6, 6.07) is 4.30. The zero-order valence-electron chi connectivity index (χ0n) is 14.0. The first-order chi connectivity index (χ1) is 11.8. The van der Waals surface area contributed by atoms with Gasteiger partial charge in [-0.15, -0.1) is 0 Å². The van der Waals surface area contributed by atoms with Crippen molar-refractivity contribution < 1.29 is 29.2 Å². The molecule has 0 spiro atoms. The number of nitrogens with two attached hydrogens (primary N) is 1. The van der Waals surface area contributed by atoms with Gasteiger partial charge in [-0.05, 0) is 19.9 Å². The van der Waals surface area contributed by atoms with E-state index in [2.05, 4.69) is 0 Å². The number of nitrogens with zero attached hydrogens (tertiary/aromatic N) is 1. The molecule has 0 aliphatic carbocycles. The Kier molecular flexibility index (Phi) is 5.08. The van der Waals surface area contributed by atoms with E-state index < -0.39 is 11.9 Å². The van der Waals surface area contributed by atoms with Gasteiger partial charge in [0.05, 0.1) is 25.2 Å². The molecule has 1 aromatic rings. The normalized spacial score (nSPS) is 17.0. The summed E-state index contributed by atoms with van der Waals surface area (Å²) in [7, 11) is 1.34. The standard InChI is InChI=1S/C17H18N2O6/c1-4-24-17(22)14-8(2)25-16(19)10(7-18)15(14)9-5-13(23-3)12(21)6-11(9)20/h5-6,15,20-21H,4,19H2,1-3H3. The molecule has 0 saturated carbocycles. The van der Waals surface area contributed by atoms with E-state index in [1.54, 1.807) is 6.92 Å². The molecule has 1 heterocycles. The highest BCUT2D eigenvalue weighted by Gasteiger charge is 2.38. The lowest BCUT2D eigenvalue weighted by Gasteiger charge is -2.27. The third kappa shape index (κ3) is 3.17. The number of ether oxygens (including phenoxy) is 3. The largest absolute Gasteiger partial charge is 0.507 e. The zero-order chi connectivity index (χ0) is 18.7. The van der Waals surface area contributed by atoms with Crippen molar-refractivity contribution in [2.24, 2.45) is 5.73 Å². The topological polar surface area (TPSA) is 135 Å². The second-order valence-corrected chi connectivity index (χ2v) is 5.20. The van der Waals surface area contributed by atoms with Gasteiger partial charge < -0.3 is 30.2 Å². The van der Waals surface area contributed by atoms with E-state index in [4.69, 9.17) is 19.9 Å². The maximum atomic E-state index is 12.4. The summed E-state index contributed by atoms with van der Waals surface area (Å²) in [6.07, 6.45) is 0. The van der Waals surface area contributed by atoms with Gasteiger partial charge in [-0.1, -0.05) is 0 Å². The molecule has 0 amide bonds. The van der Waals surface area contributed by atoms with Gasteiger partial charge in [-0.25, -0.2) is 4.79 Å². The van der Waals surface area contributed by atoms with Crippen LogP contribution in [0.3, 0.4) is 0 Å². The average molecular weight is 346 g/mol. The van der Waals surface area contributed by atoms with E-state index in [1.807, 2.05) is 6.07 Å². The average Bonchev–Trinajstić information content (AvgIpc) is 2.54. The van der Waals surface area contributed by atoms with Crippen molar-refractivity contribution in [1.82, 2.24) is 0 Å². The number of carbonyl (C=O) groups is 1. The number of nitriles is 1. The van der Waals surface area contributed by atoms with E-state index >= 15 is 0 Å². The van der Waals surface area contributed by atoms with Gasteiger partial charge in [-0.3, -0.25) is 0 Å². The molecule has 0 radical (unpaired) electrons. The lowest BCUT2D eigenvalue weighted by molar-refractivity contribution is -0.139. The Morgan fingerprint density at radius 1 is 1.40 bits per heavy atom. The molecule has 4 N–H and O–H groups in total. The van der Waals surface area contributed by atoms with E-state index in [0.29, 0.717) is 0 Å². The Balaban J connectivity index is 2.73. The number of phenols is 2. The maximum absolute atomic E-state index is 12.4. The zero-order valence-corrected chi connectivity index (χ0v) is 14.0. The van der Waals surface area contributed by atoms with Crippen LogP contribution in [-0.2, 0) is 14.3 Å². The number of methoxy groups -OCH3 is 1. The number of hydrogen-bond acceptors (Lipinski definition) is 8. The molecule has 0 aromatic heterocycles. The van der Waals surface area contributed by atoms with E-state index in [0.717, 1.165) is 6.07 Å². The van der Waals surface area contributed by atoms with Crippen molar-refractivity contribution in [2.75, 3.05) is 13.7 Å². The van der Waals surface area contributed by atoms with Crippen LogP contribution >= 0.6 is 0 Å². The fourth-order valence-electron chi connectivity index (χ4n) is 2.63. The highest BCUT2D eigenvalue weighted by atomic mass is 16.5. The molecule has 1 aliphatic rings. The van der Waals surface area contributed by atoms with Crippen LogP contribution in [0.2, 0.25) is 0 Å². The third-order valence-electron chi connectivity index (χ3n) is 3.74. The molecular weight excluding hydrogens is 328 g/mol. The fourth-order valence-corrected chi connectivity index (χ4v) is 2.63. The first-order valence-electron chi connectivity index (χ1n) is 7.40. The number of esters is 1. The van der Waals surface area contributed by atoms with Crippen LogP contribution in [0.4, 0.5) is 0 Å². The maximum Gasteiger partial charge on any atom is 0.338 e. The molecule has 0 saturated heterocycles. The molecule has 1 aliphatic heterocycles. The van der Waals surface area contributed by atoms with Crippen LogP contribution in [0.5, 0.6) is 17.2 Å². The first kappa shape index (κ1) is 18.0. The van der Waals surface area contributed by atoms with Crippen molar-refractivity contribution in [3.05, 3.63) is 40.5 Å². The van der Waals surface area contributed by atoms with Gasteiger partial charge in [0.25, 0.3) is 0 Å². The molecule has 2 rings (SSSR count). The highest BCUT2D eigenvalue weighted by molar-refractivity contribution is 5.93. The van der Waals surface area contributed by atoms with Gasteiger partial charge >= 0.3 is 5.97 Å². The number of aromatic hydroxyl groups is 2. The molecule has 132 valence electrons.